The number of quaternary nitrogens is 1. The number of rotatable bonds is 18. The minimum atomic E-state index is -1.81. The lowest BCUT2D eigenvalue weighted by Gasteiger charge is -2.34. The van der Waals surface area contributed by atoms with E-state index >= 15 is 0 Å². The number of unbranched alkanes of at least 4 members (excludes halogenated alkanes) is 1. The predicted molar refractivity (Wildman–Crippen MR) is 245 cm³/mol. The molecule has 2 unspecified atom stereocenters. The largest absolute Gasteiger partial charge is 0.478 e. The standard InChI is InChI=1S/C50H69N5O5/c1-10-12-26-44(54-55(58,59)41-24-17-22-39(30-41)50(56)57)53-45(29-36(9)47-34(7)18-15-19-35(47)8)60-31-40-23-13-14-25-43(51-40)42(11-2)52-49(33(5)6)48(38-27-28-38)46(32(3)4)37-20-16-21-37/h11,15,17-19,22,24,26,29-30,32,37-38,40,43,51,54,58-59H,5,10,12-14,16,20-21,23,25,27-28,31H2,1-4,6-9H3/p+1/b36-29+,42-11-,44-26-,48-46-,52-49+,53-45+. The van der Waals surface area contributed by atoms with E-state index in [1.165, 1.54) is 61.9 Å². The van der Waals surface area contributed by atoms with Crippen LogP contribution < -0.4 is 15.7 Å². The molecule has 60 heavy (non-hydrogen) atoms. The molecule has 0 bridgehead atoms. The van der Waals surface area contributed by atoms with Crippen LogP contribution in [0.15, 0.2) is 105 Å². The van der Waals surface area contributed by atoms with Gasteiger partial charge in [0, 0.05) is 30.3 Å². The number of hydrogen-bond donors (Lipinski definition) is 5. The van der Waals surface area contributed by atoms with E-state index in [2.05, 4.69) is 77.1 Å². The number of ether oxygens (including phenoxy) is 1. The fourth-order valence-corrected chi connectivity index (χ4v) is 8.63. The topological polar surface area (TPSA) is 136 Å². The molecule has 0 radical (unpaired) electrons. The van der Waals surface area contributed by atoms with E-state index in [0.717, 1.165) is 71.3 Å². The van der Waals surface area contributed by atoms with Gasteiger partial charge in [-0.05, 0) is 143 Å². The van der Waals surface area contributed by atoms with Crippen LogP contribution in [-0.2, 0) is 4.74 Å². The molecule has 10 heteroatoms. The monoisotopic (exact) mass is 821 g/mol. The van der Waals surface area contributed by atoms with Gasteiger partial charge in [-0.3, -0.25) is 4.99 Å². The third-order valence-electron chi connectivity index (χ3n) is 12.0. The zero-order valence-corrected chi connectivity index (χ0v) is 37.4. The number of carboxylic acid groups (broad SMARTS) is 1. The quantitative estimate of drug-likeness (QED) is 0.0437. The first-order valence-corrected chi connectivity index (χ1v) is 22.2. The van der Waals surface area contributed by atoms with Gasteiger partial charge in [0.1, 0.15) is 6.61 Å². The first-order valence-electron chi connectivity index (χ1n) is 22.2. The summed E-state index contributed by atoms with van der Waals surface area (Å²) in [6.45, 7) is 21.9. The Bertz CT molecular complexity index is 2030. The van der Waals surface area contributed by atoms with Crippen LogP contribution in [0.1, 0.15) is 139 Å². The Balaban J connectivity index is 1.46. The van der Waals surface area contributed by atoms with Gasteiger partial charge in [-0.1, -0.05) is 88.9 Å². The molecule has 1 saturated heterocycles. The number of nitrogens with one attached hydrogen (secondary N) is 2. The molecule has 5 N–H and O–H groups in total. The first-order chi connectivity index (χ1) is 28.6. The smallest absolute Gasteiger partial charge is 0.335 e. The van der Waals surface area contributed by atoms with Gasteiger partial charge in [0.15, 0.2) is 5.82 Å². The van der Waals surface area contributed by atoms with Crippen LogP contribution in [0.2, 0.25) is 0 Å². The van der Waals surface area contributed by atoms with Crippen molar-refractivity contribution < 1.29 is 25.1 Å². The minimum absolute atomic E-state index is 0.00461. The number of aromatic carboxylic acids is 1. The van der Waals surface area contributed by atoms with Crippen LogP contribution in [0.5, 0.6) is 0 Å². The number of allylic oxidation sites excluding steroid dienone is 6. The average Bonchev–Trinajstić information content (AvgIpc) is 4.04. The van der Waals surface area contributed by atoms with Gasteiger partial charge < -0.3 is 15.2 Å². The summed E-state index contributed by atoms with van der Waals surface area (Å²) in [6, 6.07) is 11.7. The van der Waals surface area contributed by atoms with E-state index in [1.54, 1.807) is 11.6 Å². The van der Waals surface area contributed by atoms with E-state index in [4.69, 9.17) is 14.7 Å². The van der Waals surface area contributed by atoms with Crippen LogP contribution in [-0.4, -0.2) is 51.8 Å². The maximum atomic E-state index is 11.7. The molecular formula is C50H70N5O5+. The number of benzene rings is 2. The molecule has 0 spiro atoms. The van der Waals surface area contributed by atoms with E-state index in [9.17, 15) is 20.3 Å². The molecule has 2 saturated carbocycles. The van der Waals surface area contributed by atoms with Gasteiger partial charge in [-0.15, -0.1) is 15.8 Å². The van der Waals surface area contributed by atoms with Crippen LogP contribution in [0.4, 0.5) is 5.69 Å². The zero-order chi connectivity index (χ0) is 43.6. The van der Waals surface area contributed by atoms with Crippen molar-refractivity contribution >= 4 is 28.8 Å². The summed E-state index contributed by atoms with van der Waals surface area (Å²) < 4.78 is 6.66. The van der Waals surface area contributed by atoms with Crippen molar-refractivity contribution in [2.24, 2.45) is 27.7 Å². The minimum Gasteiger partial charge on any atom is -0.478 e. The van der Waals surface area contributed by atoms with Gasteiger partial charge in [-0.25, -0.2) is 4.79 Å². The molecule has 10 nitrogen and oxygen atoms in total. The lowest BCUT2D eigenvalue weighted by Crippen LogP contribution is -2.53. The number of aliphatic imine (C=N–C) groups is 2. The van der Waals surface area contributed by atoms with Crippen molar-refractivity contribution in [3.8, 4) is 0 Å². The Labute approximate surface area is 358 Å². The third kappa shape index (κ3) is 12.2. The second-order valence-electron chi connectivity index (χ2n) is 17.4. The van der Waals surface area contributed by atoms with Gasteiger partial charge in [0.25, 0.3) is 0 Å². The summed E-state index contributed by atoms with van der Waals surface area (Å²) in [6.07, 6.45) is 17.5. The van der Waals surface area contributed by atoms with Crippen LogP contribution in [0.3, 0.4) is 0 Å². The molecule has 5 rings (SSSR count). The van der Waals surface area contributed by atoms with E-state index in [-0.39, 0.29) is 29.2 Å². The lowest BCUT2D eigenvalue weighted by atomic mass is 9.72. The molecule has 0 amide bonds. The predicted octanol–water partition coefficient (Wildman–Crippen LogP) is 11.7. The second kappa shape index (κ2) is 21.3. The Morgan fingerprint density at radius 1 is 0.983 bits per heavy atom. The second-order valence-corrected chi connectivity index (χ2v) is 17.4. The normalized spacial score (nSPS) is 20.7. The van der Waals surface area contributed by atoms with E-state index in [1.807, 2.05) is 26.0 Å². The van der Waals surface area contributed by atoms with Crippen LogP contribution >= 0.6 is 0 Å². The average molecular weight is 821 g/mol. The molecule has 3 fully saturated rings. The molecule has 1 aliphatic heterocycles. The highest BCUT2D eigenvalue weighted by molar-refractivity contribution is 6.13. The Hall–Kier alpha value is -4.61. The summed E-state index contributed by atoms with van der Waals surface area (Å²) in [5.74, 6) is 0.986. The van der Waals surface area contributed by atoms with Crippen LogP contribution in [0.25, 0.3) is 5.57 Å². The van der Waals surface area contributed by atoms with Crippen molar-refractivity contribution in [2.45, 2.75) is 138 Å². The van der Waals surface area contributed by atoms with Crippen molar-refractivity contribution in [1.29, 1.82) is 0 Å². The van der Waals surface area contributed by atoms with Crippen molar-refractivity contribution in [1.82, 2.24) is 15.7 Å². The highest BCUT2D eigenvalue weighted by Gasteiger charge is 2.37. The number of hydrogen-bond acceptors (Lipinski definition) is 8. The molecular weight excluding hydrogens is 751 g/mol. The van der Waals surface area contributed by atoms with Crippen molar-refractivity contribution in [2.75, 3.05) is 6.61 Å². The van der Waals surface area contributed by atoms with Gasteiger partial charge in [0.2, 0.25) is 11.6 Å². The van der Waals surface area contributed by atoms with Gasteiger partial charge >= 0.3 is 5.97 Å². The summed E-state index contributed by atoms with van der Waals surface area (Å²) in [7, 11) is 0. The van der Waals surface area contributed by atoms with E-state index < -0.39 is 10.9 Å². The Morgan fingerprint density at radius 3 is 2.25 bits per heavy atom. The first kappa shape index (κ1) is 46.5. The maximum Gasteiger partial charge on any atom is 0.335 e. The van der Waals surface area contributed by atoms with Gasteiger partial charge in [0.05, 0.1) is 21.9 Å². The number of nitrogens with zero attached hydrogens (tertiary/aromatic N) is 3. The summed E-state index contributed by atoms with van der Waals surface area (Å²) in [5, 5.41) is 35.9. The highest BCUT2D eigenvalue weighted by Crippen LogP contribution is 2.47. The highest BCUT2D eigenvalue weighted by atomic mass is 16.9. The van der Waals surface area contributed by atoms with Crippen LogP contribution in [0, 0.1) is 31.6 Å². The van der Waals surface area contributed by atoms with Crippen molar-refractivity contribution in [3.05, 3.63) is 118 Å². The Morgan fingerprint density at radius 2 is 1.67 bits per heavy atom. The molecule has 2 aliphatic carbocycles. The number of carboxylic acids is 1. The number of carbonyl (C=O) groups is 1. The maximum absolute atomic E-state index is 11.7. The summed E-state index contributed by atoms with van der Waals surface area (Å²) >= 11 is 0. The molecule has 1 heterocycles. The Kier molecular flexibility index (Phi) is 16.5. The number of aryl methyl sites for hydroxylation is 2. The molecule has 0 aromatic heterocycles. The molecule has 324 valence electrons. The third-order valence-corrected chi connectivity index (χ3v) is 12.0. The molecule has 2 atom stereocenters. The van der Waals surface area contributed by atoms with E-state index in [0.29, 0.717) is 36.7 Å². The SMILES string of the molecule is C=C(C)C(=N\C(=C/C)C1CCCCC(COC(/C=C(\C)c2c(C)cccc2C)=N/C(=C/CCC)N[N+](O)(O)c2cccc(C(=O)O)c2)N1)/C(=C(/C(C)C)C1CCC1)C1CC1. The summed E-state index contributed by atoms with van der Waals surface area (Å²) in [4.78, 5) is 20.3. The molecule has 2 aromatic rings. The summed E-state index contributed by atoms with van der Waals surface area (Å²) in [5.41, 5.74) is 13.0. The van der Waals surface area contributed by atoms with Crippen molar-refractivity contribution in [3.63, 3.8) is 0 Å². The lowest BCUT2D eigenvalue weighted by molar-refractivity contribution is -0.319. The fourth-order valence-electron chi connectivity index (χ4n) is 8.63. The molecule has 3 aliphatic rings. The zero-order valence-electron chi connectivity index (χ0n) is 37.4. The molecule has 2 aromatic carbocycles. The fraction of sp³-hybridized carbons (Fsp3) is 0.500. The van der Waals surface area contributed by atoms with Gasteiger partial charge in [-0.2, -0.15) is 4.99 Å².